The maximum atomic E-state index is 12.7. The van der Waals surface area contributed by atoms with E-state index in [1.165, 1.54) is 24.3 Å². The van der Waals surface area contributed by atoms with Crippen LogP contribution in [0, 0.1) is 5.92 Å². The average Bonchev–Trinajstić information content (AvgIpc) is 3.59. The molecule has 0 radical (unpaired) electrons. The number of anilines is 2. The first kappa shape index (κ1) is 21.0. The highest BCUT2D eigenvalue weighted by molar-refractivity contribution is 7.87. The maximum Gasteiger partial charge on any atom is 0.339 e. The molecule has 1 aliphatic carbocycles. The summed E-state index contributed by atoms with van der Waals surface area (Å²) in [7, 11) is -4.03. The Morgan fingerprint density at radius 3 is 2.67 bits per heavy atom. The van der Waals surface area contributed by atoms with Gasteiger partial charge in [-0.15, -0.1) is 0 Å². The third-order valence-corrected chi connectivity index (χ3v) is 6.47. The molecule has 1 aliphatic rings. The SMILES string of the molecule is O=C(Nc1nc2cc(OS(=O)(=O)c3ccc(NCc4cccnc4)cc3)ccc2[nH]1)C1CC1. The highest BCUT2D eigenvalue weighted by atomic mass is 32.2. The van der Waals surface area contributed by atoms with Gasteiger partial charge in [0.25, 0.3) is 0 Å². The first-order valence-corrected chi connectivity index (χ1v) is 11.8. The quantitative estimate of drug-likeness (QED) is 0.340. The van der Waals surface area contributed by atoms with Gasteiger partial charge >= 0.3 is 10.1 Å². The summed E-state index contributed by atoms with van der Waals surface area (Å²) in [4.78, 5) is 23.3. The van der Waals surface area contributed by atoms with Gasteiger partial charge in [0.2, 0.25) is 11.9 Å². The second-order valence-electron chi connectivity index (χ2n) is 7.80. The number of aromatic amines is 1. The molecule has 4 aromatic rings. The van der Waals surface area contributed by atoms with Gasteiger partial charge in [-0.05, 0) is 60.9 Å². The van der Waals surface area contributed by atoms with Crippen LogP contribution >= 0.6 is 0 Å². The lowest BCUT2D eigenvalue weighted by Gasteiger charge is -2.09. The molecule has 2 aromatic carbocycles. The zero-order valence-corrected chi connectivity index (χ0v) is 18.3. The molecule has 33 heavy (non-hydrogen) atoms. The zero-order valence-electron chi connectivity index (χ0n) is 17.5. The van der Waals surface area contributed by atoms with E-state index >= 15 is 0 Å². The number of pyridine rings is 1. The van der Waals surface area contributed by atoms with Crippen molar-refractivity contribution in [2.45, 2.75) is 24.3 Å². The Balaban J connectivity index is 1.26. The van der Waals surface area contributed by atoms with Gasteiger partial charge in [-0.1, -0.05) is 6.07 Å². The number of hydrogen-bond donors (Lipinski definition) is 3. The molecule has 3 N–H and O–H groups in total. The monoisotopic (exact) mass is 463 g/mol. The third kappa shape index (κ3) is 4.96. The van der Waals surface area contributed by atoms with Crippen LogP contribution in [0.5, 0.6) is 5.75 Å². The largest absolute Gasteiger partial charge is 0.381 e. The van der Waals surface area contributed by atoms with Crippen LogP contribution in [0.25, 0.3) is 11.0 Å². The van der Waals surface area contributed by atoms with E-state index in [0.29, 0.717) is 23.5 Å². The number of amides is 1. The standard InChI is InChI=1S/C23H21N5O4S/c29-22(16-3-4-16)28-23-26-20-10-7-18(12-21(20)27-23)32-33(30,31)19-8-5-17(6-9-19)25-14-15-2-1-11-24-13-15/h1-2,5-13,16,25H,3-4,14H2,(H2,26,27,28,29). The second kappa shape index (κ2) is 8.55. The summed E-state index contributed by atoms with van der Waals surface area (Å²) in [6.45, 7) is 0.573. The first-order valence-electron chi connectivity index (χ1n) is 10.4. The summed E-state index contributed by atoms with van der Waals surface area (Å²) in [5.41, 5.74) is 2.94. The van der Waals surface area contributed by atoms with Crippen LogP contribution in [0.3, 0.4) is 0 Å². The average molecular weight is 464 g/mol. The number of nitrogens with zero attached hydrogens (tertiary/aromatic N) is 2. The lowest BCUT2D eigenvalue weighted by atomic mass is 10.2. The van der Waals surface area contributed by atoms with Crippen LogP contribution in [-0.4, -0.2) is 29.3 Å². The Labute approximate surface area is 190 Å². The Bertz CT molecular complexity index is 1400. The normalized spacial score (nSPS) is 13.6. The Morgan fingerprint density at radius 1 is 1.12 bits per heavy atom. The summed E-state index contributed by atoms with van der Waals surface area (Å²) < 4.78 is 30.8. The number of benzene rings is 2. The van der Waals surface area contributed by atoms with Crippen molar-refractivity contribution in [2.24, 2.45) is 5.92 Å². The van der Waals surface area contributed by atoms with Crippen molar-refractivity contribution < 1.29 is 17.4 Å². The fourth-order valence-corrected chi connectivity index (χ4v) is 4.20. The summed E-state index contributed by atoms with van der Waals surface area (Å²) >= 11 is 0. The number of rotatable bonds is 8. The van der Waals surface area contributed by atoms with Gasteiger partial charge < -0.3 is 14.5 Å². The smallest absolute Gasteiger partial charge is 0.339 e. The molecule has 5 rings (SSSR count). The topological polar surface area (TPSA) is 126 Å². The molecule has 1 fully saturated rings. The van der Waals surface area contributed by atoms with Crippen molar-refractivity contribution in [2.75, 3.05) is 10.6 Å². The minimum absolute atomic E-state index is 0.0361. The number of carbonyl (C=O) groups excluding carboxylic acids is 1. The van der Waals surface area contributed by atoms with E-state index in [0.717, 1.165) is 24.1 Å². The number of fused-ring (bicyclic) bond motifs is 1. The van der Waals surface area contributed by atoms with Crippen LogP contribution in [0.1, 0.15) is 18.4 Å². The number of imidazole rings is 1. The molecule has 0 saturated heterocycles. The molecule has 0 aliphatic heterocycles. The predicted molar refractivity (Wildman–Crippen MR) is 123 cm³/mol. The van der Waals surface area contributed by atoms with E-state index in [4.69, 9.17) is 4.18 Å². The van der Waals surface area contributed by atoms with Gasteiger partial charge in [-0.2, -0.15) is 8.42 Å². The van der Waals surface area contributed by atoms with Gasteiger partial charge in [0.1, 0.15) is 10.6 Å². The molecule has 1 saturated carbocycles. The summed E-state index contributed by atoms with van der Waals surface area (Å²) in [6.07, 6.45) is 5.26. The van der Waals surface area contributed by atoms with Gasteiger partial charge in [0.15, 0.2) is 0 Å². The van der Waals surface area contributed by atoms with E-state index in [2.05, 4.69) is 25.6 Å². The van der Waals surface area contributed by atoms with Crippen molar-refractivity contribution in [1.82, 2.24) is 15.0 Å². The van der Waals surface area contributed by atoms with E-state index in [9.17, 15) is 13.2 Å². The van der Waals surface area contributed by atoms with Crippen molar-refractivity contribution >= 4 is 38.7 Å². The molecular formula is C23H21N5O4S. The minimum Gasteiger partial charge on any atom is -0.381 e. The molecular weight excluding hydrogens is 442 g/mol. The lowest BCUT2D eigenvalue weighted by molar-refractivity contribution is -0.117. The summed E-state index contributed by atoms with van der Waals surface area (Å²) in [5.74, 6) is 0.454. The van der Waals surface area contributed by atoms with Gasteiger partial charge in [-0.3, -0.25) is 15.1 Å². The van der Waals surface area contributed by atoms with E-state index in [1.807, 2.05) is 12.1 Å². The van der Waals surface area contributed by atoms with Crippen LogP contribution in [0.15, 0.2) is 71.9 Å². The Morgan fingerprint density at radius 2 is 1.94 bits per heavy atom. The predicted octanol–water partition coefficient (Wildman–Crippen LogP) is 3.69. The molecule has 0 bridgehead atoms. The van der Waals surface area contributed by atoms with E-state index in [1.54, 1.807) is 30.6 Å². The number of aromatic nitrogens is 3. The van der Waals surface area contributed by atoms with E-state index in [-0.39, 0.29) is 22.5 Å². The molecule has 2 aromatic heterocycles. The highest BCUT2D eigenvalue weighted by Crippen LogP contribution is 2.30. The third-order valence-electron chi connectivity index (χ3n) is 5.21. The Hall–Kier alpha value is -3.92. The van der Waals surface area contributed by atoms with Gasteiger partial charge in [-0.25, -0.2) is 4.98 Å². The number of hydrogen-bond acceptors (Lipinski definition) is 7. The van der Waals surface area contributed by atoms with Gasteiger partial charge in [0, 0.05) is 36.6 Å². The zero-order chi connectivity index (χ0) is 22.8. The molecule has 0 spiro atoms. The van der Waals surface area contributed by atoms with Crippen molar-refractivity contribution in [3.8, 4) is 5.75 Å². The molecule has 2 heterocycles. The van der Waals surface area contributed by atoms with Crippen LogP contribution in [0.4, 0.5) is 11.6 Å². The van der Waals surface area contributed by atoms with Crippen molar-refractivity contribution in [3.63, 3.8) is 0 Å². The molecule has 168 valence electrons. The fourth-order valence-electron chi connectivity index (χ4n) is 3.28. The minimum atomic E-state index is -4.03. The molecule has 9 nitrogen and oxygen atoms in total. The second-order valence-corrected chi connectivity index (χ2v) is 9.35. The molecule has 0 atom stereocenters. The maximum absolute atomic E-state index is 12.7. The highest BCUT2D eigenvalue weighted by Gasteiger charge is 2.30. The lowest BCUT2D eigenvalue weighted by Crippen LogP contribution is -2.14. The Kier molecular flexibility index (Phi) is 5.43. The first-order chi connectivity index (χ1) is 16.0. The van der Waals surface area contributed by atoms with Crippen molar-refractivity contribution in [1.29, 1.82) is 0 Å². The van der Waals surface area contributed by atoms with Crippen LogP contribution < -0.4 is 14.8 Å². The summed E-state index contributed by atoms with van der Waals surface area (Å²) in [6, 6.07) is 14.8. The van der Waals surface area contributed by atoms with Crippen molar-refractivity contribution in [3.05, 3.63) is 72.6 Å². The summed E-state index contributed by atoms with van der Waals surface area (Å²) in [5, 5.41) is 5.96. The molecule has 1 amide bonds. The number of H-pyrrole nitrogens is 1. The van der Waals surface area contributed by atoms with Crippen LogP contribution in [0.2, 0.25) is 0 Å². The van der Waals surface area contributed by atoms with Crippen LogP contribution in [-0.2, 0) is 21.5 Å². The molecule has 0 unspecified atom stereocenters. The molecule has 10 heteroatoms. The fraction of sp³-hybridized carbons (Fsp3) is 0.174. The van der Waals surface area contributed by atoms with Gasteiger partial charge in [0.05, 0.1) is 11.0 Å². The number of carbonyl (C=O) groups is 1. The number of nitrogens with one attached hydrogen (secondary N) is 3. The van der Waals surface area contributed by atoms with E-state index < -0.39 is 10.1 Å².